The Morgan fingerprint density at radius 3 is 2.68 bits per heavy atom. The highest BCUT2D eigenvalue weighted by atomic mass is 35.5. The molecule has 5 heteroatoms. The van der Waals surface area contributed by atoms with Gasteiger partial charge in [0.05, 0.1) is 18.5 Å². The van der Waals surface area contributed by atoms with Crippen molar-refractivity contribution in [2.45, 2.75) is 20.0 Å². The number of hydrogen-bond acceptors (Lipinski definition) is 4. The molecule has 128 valence electrons. The van der Waals surface area contributed by atoms with Crippen LogP contribution in [-0.4, -0.2) is 17.6 Å². The number of carbonyl (C=O) groups is 1. The van der Waals surface area contributed by atoms with Gasteiger partial charge in [-0.05, 0) is 31.2 Å². The molecule has 0 N–H and O–H groups in total. The van der Waals surface area contributed by atoms with Crippen LogP contribution in [0.2, 0.25) is 5.15 Å². The van der Waals surface area contributed by atoms with Gasteiger partial charge in [0.2, 0.25) is 0 Å². The van der Waals surface area contributed by atoms with Crippen LogP contribution >= 0.6 is 11.6 Å². The molecule has 0 saturated heterocycles. The number of hydrogen-bond donors (Lipinski definition) is 0. The van der Waals surface area contributed by atoms with E-state index in [2.05, 4.69) is 4.98 Å². The fraction of sp³-hybridized carbons (Fsp3) is 0.200. The Hall–Kier alpha value is -2.59. The number of para-hydroxylation sites is 1. The van der Waals surface area contributed by atoms with E-state index in [9.17, 15) is 4.79 Å². The fourth-order valence-corrected chi connectivity index (χ4v) is 2.55. The van der Waals surface area contributed by atoms with E-state index in [0.717, 1.165) is 22.2 Å². The normalized spacial score (nSPS) is 10.6. The van der Waals surface area contributed by atoms with E-state index in [1.54, 1.807) is 0 Å². The van der Waals surface area contributed by atoms with Gasteiger partial charge in [0.15, 0.2) is 0 Å². The average molecular weight is 356 g/mol. The lowest BCUT2D eigenvalue weighted by Crippen LogP contribution is -2.10. The van der Waals surface area contributed by atoms with E-state index in [4.69, 9.17) is 21.1 Å². The highest BCUT2D eigenvalue weighted by Gasteiger charge is 2.09. The molecule has 3 rings (SSSR count). The van der Waals surface area contributed by atoms with Gasteiger partial charge in [-0.2, -0.15) is 0 Å². The third-order valence-corrected chi connectivity index (χ3v) is 4.06. The predicted molar refractivity (Wildman–Crippen MR) is 97.8 cm³/mol. The molecule has 4 nitrogen and oxygen atoms in total. The molecule has 0 radical (unpaired) electrons. The summed E-state index contributed by atoms with van der Waals surface area (Å²) in [5.41, 5.74) is 2.66. The second kappa shape index (κ2) is 7.99. The van der Waals surface area contributed by atoms with E-state index >= 15 is 0 Å². The highest BCUT2D eigenvalue weighted by Crippen LogP contribution is 2.21. The molecule has 0 aliphatic rings. The van der Waals surface area contributed by atoms with Crippen LogP contribution in [0.5, 0.6) is 5.75 Å². The Balaban J connectivity index is 1.50. The summed E-state index contributed by atoms with van der Waals surface area (Å²) in [6, 6.07) is 17.2. The Bertz CT molecular complexity index is 878. The minimum Gasteiger partial charge on any atom is -0.493 e. The second-order valence-electron chi connectivity index (χ2n) is 5.70. The van der Waals surface area contributed by atoms with E-state index in [1.807, 2.05) is 61.5 Å². The van der Waals surface area contributed by atoms with Gasteiger partial charge in [-0.1, -0.05) is 47.5 Å². The summed E-state index contributed by atoms with van der Waals surface area (Å²) in [4.78, 5) is 16.2. The van der Waals surface area contributed by atoms with Gasteiger partial charge in [-0.15, -0.1) is 0 Å². The number of pyridine rings is 1. The van der Waals surface area contributed by atoms with Gasteiger partial charge in [0.1, 0.15) is 17.5 Å². The number of benzene rings is 2. The monoisotopic (exact) mass is 355 g/mol. The first kappa shape index (κ1) is 17.2. The summed E-state index contributed by atoms with van der Waals surface area (Å²) in [6.45, 7) is 2.37. The molecule has 1 heterocycles. The van der Waals surface area contributed by atoms with Gasteiger partial charge in [-0.3, -0.25) is 4.79 Å². The van der Waals surface area contributed by atoms with Crippen LogP contribution in [0.3, 0.4) is 0 Å². The Morgan fingerprint density at radius 1 is 1.12 bits per heavy atom. The van der Waals surface area contributed by atoms with Gasteiger partial charge >= 0.3 is 5.97 Å². The standard InChI is InChI=1S/C20H18ClNO3/c1-14-6-8-17(9-7-14)24-11-10-19(23)25-13-16-12-15-4-2-3-5-18(15)22-20(16)21/h2-9,12H,10-11,13H2,1H3. The van der Waals surface area contributed by atoms with Crippen LogP contribution in [0, 0.1) is 6.92 Å². The number of rotatable bonds is 6. The summed E-state index contributed by atoms with van der Waals surface area (Å²) in [7, 11) is 0. The van der Waals surface area contributed by atoms with Gasteiger partial charge in [0.25, 0.3) is 0 Å². The molecule has 0 atom stereocenters. The maximum absolute atomic E-state index is 11.9. The molecule has 0 fully saturated rings. The first-order valence-corrected chi connectivity index (χ1v) is 8.39. The van der Waals surface area contributed by atoms with Crippen LogP contribution in [0.1, 0.15) is 17.5 Å². The van der Waals surface area contributed by atoms with Gasteiger partial charge in [-0.25, -0.2) is 4.98 Å². The van der Waals surface area contributed by atoms with E-state index in [1.165, 1.54) is 0 Å². The number of fused-ring (bicyclic) bond motifs is 1. The number of aromatic nitrogens is 1. The number of aryl methyl sites for hydroxylation is 1. The third kappa shape index (κ3) is 4.70. The Labute approximate surface area is 151 Å². The minimum absolute atomic E-state index is 0.0973. The molecule has 0 amide bonds. The molecule has 0 saturated carbocycles. The molecule has 25 heavy (non-hydrogen) atoms. The molecule has 0 bridgehead atoms. The third-order valence-electron chi connectivity index (χ3n) is 3.73. The van der Waals surface area contributed by atoms with Crippen LogP contribution in [0.4, 0.5) is 0 Å². The number of carbonyl (C=O) groups excluding carboxylic acids is 1. The maximum atomic E-state index is 11.9. The van der Waals surface area contributed by atoms with E-state index in [0.29, 0.717) is 10.7 Å². The lowest BCUT2D eigenvalue weighted by molar-refractivity contribution is -0.145. The lowest BCUT2D eigenvalue weighted by Gasteiger charge is -2.09. The molecular formula is C20H18ClNO3. The average Bonchev–Trinajstić information content (AvgIpc) is 2.61. The fourth-order valence-electron chi connectivity index (χ4n) is 2.35. The van der Waals surface area contributed by atoms with Crippen molar-refractivity contribution >= 4 is 28.5 Å². The minimum atomic E-state index is -0.337. The van der Waals surface area contributed by atoms with Crippen LogP contribution in [0.25, 0.3) is 10.9 Å². The van der Waals surface area contributed by atoms with Crippen molar-refractivity contribution < 1.29 is 14.3 Å². The van der Waals surface area contributed by atoms with E-state index in [-0.39, 0.29) is 25.6 Å². The number of nitrogens with zero attached hydrogens (tertiary/aromatic N) is 1. The number of halogens is 1. The van der Waals surface area contributed by atoms with Crippen LogP contribution < -0.4 is 4.74 Å². The largest absolute Gasteiger partial charge is 0.493 e. The van der Waals surface area contributed by atoms with Crippen molar-refractivity contribution in [2.75, 3.05) is 6.61 Å². The molecule has 1 aromatic heterocycles. The van der Waals surface area contributed by atoms with Crippen LogP contribution in [-0.2, 0) is 16.1 Å². The maximum Gasteiger partial charge on any atom is 0.309 e. The first-order chi connectivity index (χ1) is 12.1. The van der Waals surface area contributed by atoms with Crippen molar-refractivity contribution in [1.29, 1.82) is 0 Å². The zero-order chi connectivity index (χ0) is 17.6. The van der Waals surface area contributed by atoms with Gasteiger partial charge in [0, 0.05) is 10.9 Å². The summed E-state index contributed by atoms with van der Waals surface area (Å²) in [5, 5.41) is 1.31. The molecule has 0 aliphatic carbocycles. The lowest BCUT2D eigenvalue weighted by atomic mass is 10.2. The van der Waals surface area contributed by atoms with Crippen molar-refractivity contribution in [2.24, 2.45) is 0 Å². The molecule has 0 unspecified atom stereocenters. The van der Waals surface area contributed by atoms with E-state index < -0.39 is 0 Å². The molecule has 0 spiro atoms. The SMILES string of the molecule is Cc1ccc(OCCC(=O)OCc2cc3ccccc3nc2Cl)cc1. The number of esters is 1. The highest BCUT2D eigenvalue weighted by molar-refractivity contribution is 6.30. The Morgan fingerprint density at radius 2 is 1.88 bits per heavy atom. The topological polar surface area (TPSA) is 48.4 Å². The van der Waals surface area contributed by atoms with Gasteiger partial charge < -0.3 is 9.47 Å². The smallest absolute Gasteiger partial charge is 0.309 e. The first-order valence-electron chi connectivity index (χ1n) is 8.01. The number of ether oxygens (including phenoxy) is 2. The summed E-state index contributed by atoms with van der Waals surface area (Å²) < 4.78 is 10.8. The quantitative estimate of drug-likeness (QED) is 0.474. The zero-order valence-electron chi connectivity index (χ0n) is 13.9. The summed E-state index contributed by atoms with van der Waals surface area (Å²) in [6.07, 6.45) is 0.173. The predicted octanol–water partition coefficient (Wildman–Crippen LogP) is 4.71. The Kier molecular flexibility index (Phi) is 5.51. The molecule has 3 aromatic rings. The van der Waals surface area contributed by atoms with Crippen LogP contribution in [0.15, 0.2) is 54.6 Å². The summed E-state index contributed by atoms with van der Waals surface area (Å²) in [5.74, 6) is 0.400. The van der Waals surface area contributed by atoms with Crippen molar-refractivity contribution in [1.82, 2.24) is 4.98 Å². The second-order valence-corrected chi connectivity index (χ2v) is 6.06. The van der Waals surface area contributed by atoms with Crippen molar-refractivity contribution in [3.63, 3.8) is 0 Å². The molecule has 0 aliphatic heterocycles. The zero-order valence-corrected chi connectivity index (χ0v) is 14.6. The molecule has 2 aromatic carbocycles. The molecular weight excluding hydrogens is 338 g/mol. The van der Waals surface area contributed by atoms with Crippen molar-refractivity contribution in [3.05, 3.63) is 70.9 Å². The van der Waals surface area contributed by atoms with Crippen molar-refractivity contribution in [3.8, 4) is 5.75 Å². The summed E-state index contributed by atoms with van der Waals surface area (Å²) >= 11 is 6.16.